The predicted octanol–water partition coefficient (Wildman–Crippen LogP) is 3.37. The second-order valence-corrected chi connectivity index (χ2v) is 7.87. The normalized spacial score (nSPS) is 14.3. The molecule has 28 heavy (non-hydrogen) atoms. The van der Waals surface area contributed by atoms with Crippen LogP contribution >= 0.6 is 11.3 Å². The molecule has 8 heteroatoms. The lowest BCUT2D eigenvalue weighted by atomic mass is 10.2. The lowest BCUT2D eigenvalue weighted by Gasteiger charge is -2.33. The Labute approximate surface area is 168 Å². The molecule has 1 aliphatic heterocycles. The zero-order valence-electron chi connectivity index (χ0n) is 16.4. The summed E-state index contributed by atoms with van der Waals surface area (Å²) in [7, 11) is 1.62. The molecule has 0 aliphatic carbocycles. The molecule has 1 fully saturated rings. The Hall–Kier alpha value is -2.61. The number of amides is 2. The Bertz CT molecular complexity index is 811. The number of hydrogen-bond donors (Lipinski definition) is 0. The summed E-state index contributed by atoms with van der Waals surface area (Å²) in [5.41, 5.74) is 1.38. The third kappa shape index (κ3) is 4.81. The van der Waals surface area contributed by atoms with Gasteiger partial charge in [0.15, 0.2) is 0 Å². The van der Waals surface area contributed by atoms with Gasteiger partial charge in [0.2, 0.25) is 0 Å². The van der Waals surface area contributed by atoms with Crippen molar-refractivity contribution in [3.05, 3.63) is 35.3 Å². The van der Waals surface area contributed by atoms with E-state index >= 15 is 0 Å². The first kappa shape index (κ1) is 20.1. The maximum Gasteiger partial charge on any atom is 0.409 e. The highest BCUT2D eigenvalue weighted by atomic mass is 32.1. The van der Waals surface area contributed by atoms with Crippen molar-refractivity contribution in [1.82, 2.24) is 14.8 Å². The van der Waals surface area contributed by atoms with Gasteiger partial charge in [-0.2, -0.15) is 0 Å². The van der Waals surface area contributed by atoms with Crippen molar-refractivity contribution in [2.45, 2.75) is 13.8 Å². The molecule has 0 unspecified atom stereocenters. The van der Waals surface area contributed by atoms with Gasteiger partial charge in [-0.05, 0) is 30.2 Å². The van der Waals surface area contributed by atoms with Gasteiger partial charge < -0.3 is 19.3 Å². The van der Waals surface area contributed by atoms with Gasteiger partial charge in [-0.25, -0.2) is 9.78 Å². The summed E-state index contributed by atoms with van der Waals surface area (Å²) in [6, 6.07) is 7.59. The van der Waals surface area contributed by atoms with Gasteiger partial charge in [-0.15, -0.1) is 11.3 Å². The van der Waals surface area contributed by atoms with Crippen molar-refractivity contribution in [3.63, 3.8) is 0 Å². The number of rotatable bonds is 5. The summed E-state index contributed by atoms with van der Waals surface area (Å²) in [4.78, 5) is 32.7. The summed E-state index contributed by atoms with van der Waals surface area (Å²) in [5.74, 6) is 0.976. The number of thiazole rings is 1. The molecule has 1 aliphatic rings. The Morgan fingerprint density at radius 3 is 2.36 bits per heavy atom. The molecule has 1 saturated heterocycles. The minimum absolute atomic E-state index is 0.105. The maximum absolute atomic E-state index is 12.8. The van der Waals surface area contributed by atoms with Crippen LogP contribution in [0.2, 0.25) is 0 Å². The molecule has 0 spiro atoms. The fourth-order valence-corrected chi connectivity index (χ4v) is 3.62. The number of hydrogen-bond acceptors (Lipinski definition) is 6. The molecule has 3 rings (SSSR count). The van der Waals surface area contributed by atoms with E-state index in [0.717, 1.165) is 16.3 Å². The Balaban J connectivity index is 1.57. The number of methoxy groups -OCH3 is 1. The van der Waals surface area contributed by atoms with Gasteiger partial charge in [-0.3, -0.25) is 4.79 Å². The first-order valence-electron chi connectivity index (χ1n) is 9.29. The highest BCUT2D eigenvalue weighted by molar-refractivity contribution is 7.13. The fourth-order valence-electron chi connectivity index (χ4n) is 2.82. The highest BCUT2D eigenvalue weighted by Gasteiger charge is 2.27. The number of ether oxygens (including phenoxy) is 2. The number of benzene rings is 1. The summed E-state index contributed by atoms with van der Waals surface area (Å²) in [6.07, 6.45) is -0.309. The molecule has 2 amide bonds. The van der Waals surface area contributed by atoms with Gasteiger partial charge >= 0.3 is 6.09 Å². The average Bonchev–Trinajstić information content (AvgIpc) is 3.22. The molecule has 0 bridgehead atoms. The molecule has 2 aromatic rings. The van der Waals surface area contributed by atoms with Crippen molar-refractivity contribution in [2.75, 3.05) is 39.9 Å². The largest absolute Gasteiger partial charge is 0.497 e. The minimum Gasteiger partial charge on any atom is -0.497 e. The molecular formula is C20H25N3O4S. The molecule has 0 N–H and O–H groups in total. The third-order valence-corrected chi connectivity index (χ3v) is 5.32. The maximum atomic E-state index is 12.8. The first-order valence-corrected chi connectivity index (χ1v) is 10.2. The number of aromatic nitrogens is 1. The van der Waals surface area contributed by atoms with Gasteiger partial charge in [-0.1, -0.05) is 13.8 Å². The monoisotopic (exact) mass is 403 g/mol. The van der Waals surface area contributed by atoms with Crippen LogP contribution in [0, 0.1) is 5.92 Å². The topological polar surface area (TPSA) is 72.0 Å². The predicted molar refractivity (Wildman–Crippen MR) is 108 cm³/mol. The van der Waals surface area contributed by atoms with Crippen molar-refractivity contribution in [2.24, 2.45) is 5.92 Å². The van der Waals surface area contributed by atoms with E-state index in [4.69, 9.17) is 9.47 Å². The highest BCUT2D eigenvalue weighted by Crippen LogP contribution is 2.26. The summed E-state index contributed by atoms with van der Waals surface area (Å²) >= 11 is 1.44. The smallest absolute Gasteiger partial charge is 0.409 e. The molecule has 7 nitrogen and oxygen atoms in total. The van der Waals surface area contributed by atoms with E-state index in [9.17, 15) is 9.59 Å². The Kier molecular flexibility index (Phi) is 6.51. The van der Waals surface area contributed by atoms with E-state index in [0.29, 0.717) is 44.4 Å². The van der Waals surface area contributed by atoms with Gasteiger partial charge in [0.1, 0.15) is 16.5 Å². The summed E-state index contributed by atoms with van der Waals surface area (Å²) < 4.78 is 10.4. The number of carbonyl (C=O) groups excluding carboxylic acids is 2. The van der Waals surface area contributed by atoms with Gasteiger partial charge in [0.25, 0.3) is 5.91 Å². The SMILES string of the molecule is COc1ccc(-c2nc(C(=O)N3CCN(C(=O)OCC(C)C)CC3)cs2)cc1. The molecule has 150 valence electrons. The molecule has 0 radical (unpaired) electrons. The first-order chi connectivity index (χ1) is 13.5. The van der Waals surface area contributed by atoms with Crippen LogP contribution in [0.5, 0.6) is 5.75 Å². The van der Waals surface area contributed by atoms with Crippen LogP contribution in [-0.4, -0.2) is 66.7 Å². The van der Waals surface area contributed by atoms with Gasteiger partial charge in [0.05, 0.1) is 13.7 Å². The van der Waals surface area contributed by atoms with E-state index < -0.39 is 0 Å². The lowest BCUT2D eigenvalue weighted by Crippen LogP contribution is -2.50. The second-order valence-electron chi connectivity index (χ2n) is 7.02. The van der Waals surface area contributed by atoms with Crippen LogP contribution in [0.1, 0.15) is 24.3 Å². The number of carbonyl (C=O) groups is 2. The van der Waals surface area contributed by atoms with Crippen molar-refractivity contribution >= 4 is 23.3 Å². The van der Waals surface area contributed by atoms with Crippen molar-refractivity contribution in [1.29, 1.82) is 0 Å². The average molecular weight is 404 g/mol. The minimum atomic E-state index is -0.309. The zero-order chi connectivity index (χ0) is 20.1. The number of nitrogens with zero attached hydrogens (tertiary/aromatic N) is 3. The van der Waals surface area contributed by atoms with E-state index in [1.54, 1.807) is 22.3 Å². The molecule has 0 atom stereocenters. The molecule has 0 saturated carbocycles. The molecule has 2 heterocycles. The van der Waals surface area contributed by atoms with Crippen molar-refractivity contribution in [3.8, 4) is 16.3 Å². The third-order valence-electron chi connectivity index (χ3n) is 4.43. The van der Waals surface area contributed by atoms with E-state index in [1.165, 1.54) is 11.3 Å². The summed E-state index contributed by atoms with van der Waals surface area (Å²) in [5, 5.41) is 2.58. The molecule has 1 aromatic carbocycles. The van der Waals surface area contributed by atoms with Crippen LogP contribution in [0.15, 0.2) is 29.6 Å². The lowest BCUT2D eigenvalue weighted by molar-refractivity contribution is 0.0532. The Morgan fingerprint density at radius 1 is 1.11 bits per heavy atom. The molecular weight excluding hydrogens is 378 g/mol. The van der Waals surface area contributed by atoms with Gasteiger partial charge in [0, 0.05) is 37.1 Å². The molecule has 1 aromatic heterocycles. The van der Waals surface area contributed by atoms with E-state index in [2.05, 4.69) is 4.98 Å². The zero-order valence-corrected chi connectivity index (χ0v) is 17.2. The van der Waals surface area contributed by atoms with Crippen LogP contribution in [0.25, 0.3) is 10.6 Å². The van der Waals surface area contributed by atoms with Crippen molar-refractivity contribution < 1.29 is 19.1 Å². The van der Waals surface area contributed by atoms with E-state index in [1.807, 2.05) is 38.1 Å². The van der Waals surface area contributed by atoms with Crippen LogP contribution < -0.4 is 4.74 Å². The van der Waals surface area contributed by atoms with Crippen LogP contribution in [-0.2, 0) is 4.74 Å². The quantitative estimate of drug-likeness (QED) is 0.765. The van der Waals surface area contributed by atoms with E-state index in [-0.39, 0.29) is 12.0 Å². The fraction of sp³-hybridized carbons (Fsp3) is 0.450. The second kappa shape index (κ2) is 9.05. The van der Waals surface area contributed by atoms with Crippen LogP contribution in [0.3, 0.4) is 0 Å². The number of piperazine rings is 1. The Morgan fingerprint density at radius 2 is 1.75 bits per heavy atom. The summed E-state index contributed by atoms with van der Waals surface area (Å²) in [6.45, 7) is 6.30. The standard InChI is InChI=1S/C20H25N3O4S/c1-14(2)12-27-20(25)23-10-8-22(9-11-23)19(24)17-13-28-18(21-17)15-4-6-16(26-3)7-5-15/h4-7,13-14H,8-12H2,1-3H3. The van der Waals surface area contributed by atoms with Crippen LogP contribution in [0.4, 0.5) is 4.79 Å².